The first kappa shape index (κ1) is 27.2. The number of aryl methyl sites for hydroxylation is 1. The molecule has 6 nitrogen and oxygen atoms in total. The smallest absolute Gasteiger partial charge is 0.416 e. The van der Waals surface area contributed by atoms with E-state index in [1.54, 1.807) is 24.3 Å². The molecule has 1 amide bonds. The molecule has 1 aliphatic carbocycles. The van der Waals surface area contributed by atoms with Crippen molar-refractivity contribution >= 4 is 16.9 Å². The molecule has 1 aliphatic heterocycles. The maximum Gasteiger partial charge on any atom is 0.416 e. The van der Waals surface area contributed by atoms with Gasteiger partial charge in [0.25, 0.3) is 0 Å². The number of likely N-dealkylation sites (tertiary alicyclic amines) is 1. The first-order valence-electron chi connectivity index (χ1n) is 13.4. The van der Waals surface area contributed by atoms with Crippen LogP contribution in [-0.2, 0) is 24.0 Å². The molecule has 2 atom stereocenters. The fourth-order valence-corrected chi connectivity index (χ4v) is 5.94. The second-order valence-electron chi connectivity index (χ2n) is 10.8. The summed E-state index contributed by atoms with van der Waals surface area (Å²) in [5.74, 6) is 0.444. The number of halogens is 3. The molecule has 0 unspecified atom stereocenters. The number of fused-ring (bicyclic) bond motifs is 2. The van der Waals surface area contributed by atoms with E-state index in [1.807, 2.05) is 11.8 Å². The van der Waals surface area contributed by atoms with E-state index in [0.717, 1.165) is 43.4 Å². The van der Waals surface area contributed by atoms with Crippen LogP contribution in [0.2, 0.25) is 0 Å². The molecule has 9 heteroatoms. The predicted molar refractivity (Wildman–Crippen MR) is 139 cm³/mol. The number of ether oxygens (including phenoxy) is 1. The highest BCUT2D eigenvalue weighted by molar-refractivity contribution is 5.83. The van der Waals surface area contributed by atoms with Gasteiger partial charge in [-0.05, 0) is 68.0 Å². The molecule has 208 valence electrons. The van der Waals surface area contributed by atoms with Gasteiger partial charge in [-0.1, -0.05) is 25.0 Å². The molecule has 39 heavy (non-hydrogen) atoms. The van der Waals surface area contributed by atoms with Gasteiger partial charge in [-0.25, -0.2) is 4.79 Å². The number of hydrogen-bond donors (Lipinski definition) is 1. The number of nitrogens with zero attached hydrogens (tertiary/aromatic N) is 1. The minimum absolute atomic E-state index is 0.0279. The van der Waals surface area contributed by atoms with Crippen LogP contribution in [0.25, 0.3) is 11.0 Å². The van der Waals surface area contributed by atoms with Crippen LogP contribution in [0.1, 0.15) is 60.8 Å². The Balaban J connectivity index is 1.24. The van der Waals surface area contributed by atoms with E-state index in [4.69, 9.17) is 9.15 Å². The van der Waals surface area contributed by atoms with Crippen LogP contribution in [0.3, 0.4) is 0 Å². The van der Waals surface area contributed by atoms with Crippen molar-refractivity contribution in [2.45, 2.75) is 70.3 Å². The molecular formula is C30H32F3NO5. The van der Waals surface area contributed by atoms with Gasteiger partial charge in [-0.3, -0.25) is 4.79 Å². The summed E-state index contributed by atoms with van der Waals surface area (Å²) in [4.78, 5) is 27.6. The van der Waals surface area contributed by atoms with Gasteiger partial charge in [0.15, 0.2) is 0 Å². The van der Waals surface area contributed by atoms with Crippen molar-refractivity contribution in [2.24, 2.45) is 5.92 Å². The van der Waals surface area contributed by atoms with Crippen LogP contribution in [0.5, 0.6) is 5.75 Å². The summed E-state index contributed by atoms with van der Waals surface area (Å²) in [6, 6.07) is 9.89. The Kier molecular flexibility index (Phi) is 7.46. The Morgan fingerprint density at radius 1 is 1.18 bits per heavy atom. The summed E-state index contributed by atoms with van der Waals surface area (Å²) in [7, 11) is 0. The highest BCUT2D eigenvalue weighted by Gasteiger charge is 2.43. The molecule has 1 saturated heterocycles. The SMILES string of the molecule is Cc1c(CCC(=O)N2CC[C@@]3(O)CCCC[C@@H]3C2)c(=O)oc2cc(OCc3cccc(C(F)(F)F)c3)ccc12. The Hall–Kier alpha value is -3.33. The van der Waals surface area contributed by atoms with E-state index in [2.05, 4.69) is 0 Å². The summed E-state index contributed by atoms with van der Waals surface area (Å²) in [5, 5.41) is 11.6. The van der Waals surface area contributed by atoms with Gasteiger partial charge in [-0.15, -0.1) is 0 Å². The van der Waals surface area contributed by atoms with Crippen molar-refractivity contribution in [2.75, 3.05) is 13.1 Å². The van der Waals surface area contributed by atoms with Crippen LogP contribution in [0, 0.1) is 12.8 Å². The molecule has 2 heterocycles. The number of rotatable bonds is 6. The third-order valence-corrected chi connectivity index (χ3v) is 8.29. The maximum absolute atomic E-state index is 13.0. The van der Waals surface area contributed by atoms with Gasteiger partial charge in [0.2, 0.25) is 5.91 Å². The van der Waals surface area contributed by atoms with E-state index >= 15 is 0 Å². The summed E-state index contributed by atoms with van der Waals surface area (Å²) in [6.45, 7) is 2.82. The largest absolute Gasteiger partial charge is 0.489 e. The van der Waals surface area contributed by atoms with Crippen molar-refractivity contribution in [3.8, 4) is 5.75 Å². The minimum Gasteiger partial charge on any atom is -0.489 e. The normalized spacial score (nSPS) is 21.6. The topological polar surface area (TPSA) is 80.0 Å². The van der Waals surface area contributed by atoms with Crippen LogP contribution < -0.4 is 10.4 Å². The van der Waals surface area contributed by atoms with Gasteiger partial charge in [-0.2, -0.15) is 13.2 Å². The summed E-state index contributed by atoms with van der Waals surface area (Å²) in [6.07, 6.45) is 0.429. The molecule has 2 fully saturated rings. The quantitative estimate of drug-likeness (QED) is 0.399. The standard InChI is InChI=1S/C30H32F3NO5/c1-19-24-9-8-23(38-18-20-5-4-7-21(15-20)30(31,32)33)16-26(24)39-28(36)25(19)10-11-27(35)34-14-13-29(37)12-3-2-6-22(29)17-34/h4-5,7-9,15-16,22,37H,2-3,6,10-14,17-18H2,1H3/t22-,29+/m1/s1. The first-order valence-corrected chi connectivity index (χ1v) is 13.4. The zero-order valence-corrected chi connectivity index (χ0v) is 21.9. The second-order valence-corrected chi connectivity index (χ2v) is 10.8. The highest BCUT2D eigenvalue weighted by atomic mass is 19.4. The molecule has 1 saturated carbocycles. The predicted octanol–water partition coefficient (Wildman–Crippen LogP) is 5.79. The van der Waals surface area contributed by atoms with Crippen molar-refractivity contribution < 1.29 is 32.2 Å². The average molecular weight is 544 g/mol. The van der Waals surface area contributed by atoms with Crippen molar-refractivity contribution in [3.63, 3.8) is 0 Å². The number of amides is 1. The lowest BCUT2D eigenvalue weighted by Gasteiger charge is -2.47. The number of carbonyl (C=O) groups is 1. The van der Waals surface area contributed by atoms with Crippen molar-refractivity contribution in [1.82, 2.24) is 4.90 Å². The monoisotopic (exact) mass is 543 g/mol. The highest BCUT2D eigenvalue weighted by Crippen LogP contribution is 2.40. The third-order valence-electron chi connectivity index (χ3n) is 8.29. The molecule has 2 aromatic carbocycles. The van der Waals surface area contributed by atoms with Crippen molar-refractivity contribution in [1.29, 1.82) is 0 Å². The first-order chi connectivity index (χ1) is 18.5. The molecular weight excluding hydrogens is 511 g/mol. The zero-order valence-electron chi connectivity index (χ0n) is 21.9. The second kappa shape index (κ2) is 10.7. The van der Waals surface area contributed by atoms with E-state index in [0.29, 0.717) is 47.4 Å². The van der Waals surface area contributed by atoms with E-state index < -0.39 is 23.0 Å². The zero-order chi connectivity index (χ0) is 27.8. The van der Waals surface area contributed by atoms with Gasteiger partial charge in [0, 0.05) is 42.4 Å². The van der Waals surface area contributed by atoms with Crippen LogP contribution in [0.4, 0.5) is 13.2 Å². The summed E-state index contributed by atoms with van der Waals surface area (Å²) < 4.78 is 50.1. The number of aliphatic hydroxyl groups is 1. The Bertz CT molecular complexity index is 1430. The summed E-state index contributed by atoms with van der Waals surface area (Å²) in [5.41, 5.74) is -0.0842. The lowest BCUT2D eigenvalue weighted by molar-refractivity contribution is -0.143. The Labute approximate surface area is 224 Å². The van der Waals surface area contributed by atoms with Gasteiger partial charge < -0.3 is 19.2 Å². The van der Waals surface area contributed by atoms with Crippen LogP contribution in [0.15, 0.2) is 51.7 Å². The van der Waals surface area contributed by atoms with Gasteiger partial charge in [0.05, 0.1) is 11.2 Å². The van der Waals surface area contributed by atoms with Gasteiger partial charge >= 0.3 is 11.8 Å². The van der Waals surface area contributed by atoms with E-state index in [9.17, 15) is 27.9 Å². The van der Waals surface area contributed by atoms with Crippen LogP contribution >= 0.6 is 0 Å². The number of alkyl halides is 3. The molecule has 0 spiro atoms. The average Bonchev–Trinajstić information content (AvgIpc) is 2.90. The number of benzene rings is 2. The molecule has 1 N–H and O–H groups in total. The molecule has 0 bridgehead atoms. The fraction of sp³-hybridized carbons (Fsp3) is 0.467. The molecule has 1 aromatic heterocycles. The molecule has 0 radical (unpaired) electrons. The summed E-state index contributed by atoms with van der Waals surface area (Å²) >= 11 is 0. The molecule has 2 aliphatic rings. The number of carbonyl (C=O) groups excluding carboxylic acids is 1. The lowest BCUT2D eigenvalue weighted by Crippen LogP contribution is -2.54. The number of piperidine rings is 1. The molecule has 5 rings (SSSR count). The van der Waals surface area contributed by atoms with Gasteiger partial charge in [0.1, 0.15) is 17.9 Å². The van der Waals surface area contributed by atoms with Crippen molar-refractivity contribution in [3.05, 3.63) is 75.1 Å². The van der Waals surface area contributed by atoms with Crippen LogP contribution in [-0.4, -0.2) is 34.6 Å². The maximum atomic E-state index is 13.0. The number of hydrogen-bond acceptors (Lipinski definition) is 5. The minimum atomic E-state index is -4.43. The van der Waals surface area contributed by atoms with E-state index in [-0.39, 0.29) is 31.3 Å². The van der Waals surface area contributed by atoms with E-state index in [1.165, 1.54) is 6.07 Å². The lowest BCUT2D eigenvalue weighted by atomic mass is 9.71. The Morgan fingerprint density at radius 3 is 2.79 bits per heavy atom. The third kappa shape index (κ3) is 5.83. The molecule has 3 aromatic rings. The Morgan fingerprint density at radius 2 is 2.00 bits per heavy atom. The fourth-order valence-electron chi connectivity index (χ4n) is 5.94.